The number of aromatic hydroxyl groups is 1. The standard InChI is InChI=1S/C20H25N3O/c1-16-7-8-19(17(2)13-16)15-22-9-11-23(12-10-22)21-14-18-5-3-4-6-20(18)24/h3-8,13-14,24H,9-12,15H2,1-2H3/b21-14+. The average Bonchev–Trinajstić information content (AvgIpc) is 2.58. The van der Waals surface area contributed by atoms with Crippen LogP contribution in [0.5, 0.6) is 5.75 Å². The molecular formula is C20H25N3O. The summed E-state index contributed by atoms with van der Waals surface area (Å²) in [4.78, 5) is 2.48. The monoisotopic (exact) mass is 323 g/mol. The van der Waals surface area contributed by atoms with E-state index in [0.717, 1.165) is 38.3 Å². The number of hydrogen-bond donors (Lipinski definition) is 1. The smallest absolute Gasteiger partial charge is 0.124 e. The van der Waals surface area contributed by atoms with Crippen LogP contribution in [0.3, 0.4) is 0 Å². The highest BCUT2D eigenvalue weighted by Crippen LogP contribution is 2.16. The SMILES string of the molecule is Cc1ccc(CN2CCN(/N=C/c3ccccc3O)CC2)c(C)c1. The molecule has 0 radical (unpaired) electrons. The Bertz CT molecular complexity index is 719. The lowest BCUT2D eigenvalue weighted by molar-refractivity contribution is 0.131. The second-order valence-corrected chi connectivity index (χ2v) is 6.46. The number of para-hydroxylation sites is 1. The van der Waals surface area contributed by atoms with E-state index in [0.29, 0.717) is 0 Å². The Kier molecular flexibility index (Phi) is 5.16. The van der Waals surface area contributed by atoms with Crippen LogP contribution in [0.15, 0.2) is 47.6 Å². The molecule has 0 bridgehead atoms. The summed E-state index contributed by atoms with van der Waals surface area (Å²) in [7, 11) is 0. The number of aryl methyl sites for hydroxylation is 2. The van der Waals surface area contributed by atoms with Crippen molar-refractivity contribution in [2.75, 3.05) is 26.2 Å². The second kappa shape index (κ2) is 7.49. The summed E-state index contributed by atoms with van der Waals surface area (Å²) in [6.45, 7) is 9.16. The van der Waals surface area contributed by atoms with Crippen LogP contribution < -0.4 is 0 Å². The maximum atomic E-state index is 9.77. The maximum absolute atomic E-state index is 9.77. The molecule has 1 heterocycles. The van der Waals surface area contributed by atoms with E-state index in [1.54, 1.807) is 12.3 Å². The Morgan fingerprint density at radius 2 is 1.79 bits per heavy atom. The molecule has 126 valence electrons. The molecule has 0 aromatic heterocycles. The summed E-state index contributed by atoms with van der Waals surface area (Å²) in [5.41, 5.74) is 4.86. The zero-order chi connectivity index (χ0) is 16.9. The third-order valence-corrected chi connectivity index (χ3v) is 4.54. The van der Waals surface area contributed by atoms with Crippen molar-refractivity contribution in [3.05, 3.63) is 64.7 Å². The zero-order valence-electron chi connectivity index (χ0n) is 14.4. The molecule has 0 unspecified atom stereocenters. The molecule has 0 spiro atoms. The lowest BCUT2D eigenvalue weighted by atomic mass is 10.1. The summed E-state index contributed by atoms with van der Waals surface area (Å²) in [6, 6.07) is 14.0. The van der Waals surface area contributed by atoms with Crippen LogP contribution in [0.25, 0.3) is 0 Å². The summed E-state index contributed by atoms with van der Waals surface area (Å²) in [5, 5.41) is 16.4. The fourth-order valence-corrected chi connectivity index (χ4v) is 3.02. The van der Waals surface area contributed by atoms with Gasteiger partial charge in [0.1, 0.15) is 5.75 Å². The van der Waals surface area contributed by atoms with Gasteiger partial charge in [-0.3, -0.25) is 9.91 Å². The lowest BCUT2D eigenvalue weighted by Crippen LogP contribution is -2.43. The van der Waals surface area contributed by atoms with Gasteiger partial charge in [-0.25, -0.2) is 0 Å². The van der Waals surface area contributed by atoms with E-state index >= 15 is 0 Å². The van der Waals surface area contributed by atoms with Gasteiger partial charge in [0.15, 0.2) is 0 Å². The summed E-state index contributed by atoms with van der Waals surface area (Å²) < 4.78 is 0. The lowest BCUT2D eigenvalue weighted by Gasteiger charge is -2.33. The average molecular weight is 323 g/mol. The first-order valence-electron chi connectivity index (χ1n) is 8.47. The van der Waals surface area contributed by atoms with Crippen LogP contribution in [0, 0.1) is 13.8 Å². The minimum atomic E-state index is 0.273. The summed E-state index contributed by atoms with van der Waals surface area (Å²) in [6.07, 6.45) is 1.75. The first kappa shape index (κ1) is 16.5. The number of benzene rings is 2. The van der Waals surface area contributed by atoms with Crippen LogP contribution in [-0.4, -0.2) is 47.4 Å². The van der Waals surface area contributed by atoms with Crippen molar-refractivity contribution in [1.82, 2.24) is 9.91 Å². The van der Waals surface area contributed by atoms with Crippen LogP contribution in [0.4, 0.5) is 0 Å². The highest BCUT2D eigenvalue weighted by Gasteiger charge is 2.16. The molecule has 3 rings (SSSR count). The molecule has 0 saturated carbocycles. The van der Waals surface area contributed by atoms with Gasteiger partial charge in [-0.15, -0.1) is 0 Å². The molecular weight excluding hydrogens is 298 g/mol. The van der Waals surface area contributed by atoms with Gasteiger partial charge in [0.2, 0.25) is 0 Å². The number of phenolic OH excluding ortho intramolecular Hbond substituents is 1. The quantitative estimate of drug-likeness (QED) is 0.879. The van der Waals surface area contributed by atoms with E-state index in [4.69, 9.17) is 0 Å². The zero-order valence-corrected chi connectivity index (χ0v) is 14.4. The Labute approximate surface area is 144 Å². The van der Waals surface area contributed by atoms with E-state index < -0.39 is 0 Å². The number of hydrazone groups is 1. The van der Waals surface area contributed by atoms with E-state index in [1.165, 1.54) is 16.7 Å². The van der Waals surface area contributed by atoms with Crippen molar-refractivity contribution in [1.29, 1.82) is 0 Å². The molecule has 2 aromatic carbocycles. The molecule has 1 aliphatic heterocycles. The number of phenols is 1. The normalized spacial score (nSPS) is 16.0. The molecule has 1 fully saturated rings. The highest BCUT2D eigenvalue weighted by atomic mass is 16.3. The Morgan fingerprint density at radius 1 is 1.04 bits per heavy atom. The molecule has 24 heavy (non-hydrogen) atoms. The van der Waals surface area contributed by atoms with Gasteiger partial charge >= 0.3 is 0 Å². The predicted molar refractivity (Wildman–Crippen MR) is 98.5 cm³/mol. The van der Waals surface area contributed by atoms with Gasteiger partial charge in [-0.2, -0.15) is 5.10 Å². The van der Waals surface area contributed by atoms with Gasteiger partial charge in [-0.05, 0) is 37.1 Å². The molecule has 2 aromatic rings. The van der Waals surface area contributed by atoms with Crippen molar-refractivity contribution in [2.45, 2.75) is 20.4 Å². The Balaban J connectivity index is 1.53. The predicted octanol–water partition coefficient (Wildman–Crippen LogP) is 3.16. The summed E-state index contributed by atoms with van der Waals surface area (Å²) in [5.74, 6) is 0.273. The van der Waals surface area contributed by atoms with Crippen molar-refractivity contribution in [3.8, 4) is 5.75 Å². The third-order valence-electron chi connectivity index (χ3n) is 4.54. The Hall–Kier alpha value is -2.33. The minimum absolute atomic E-state index is 0.273. The molecule has 0 atom stereocenters. The van der Waals surface area contributed by atoms with Crippen LogP contribution in [-0.2, 0) is 6.54 Å². The van der Waals surface area contributed by atoms with Gasteiger partial charge in [0.25, 0.3) is 0 Å². The van der Waals surface area contributed by atoms with Gasteiger partial charge < -0.3 is 5.11 Å². The van der Waals surface area contributed by atoms with Gasteiger partial charge in [0.05, 0.1) is 6.21 Å². The van der Waals surface area contributed by atoms with E-state index in [-0.39, 0.29) is 5.75 Å². The van der Waals surface area contributed by atoms with E-state index in [2.05, 4.69) is 47.1 Å². The fourth-order valence-electron chi connectivity index (χ4n) is 3.02. The van der Waals surface area contributed by atoms with Gasteiger partial charge in [-0.1, -0.05) is 35.9 Å². The van der Waals surface area contributed by atoms with Crippen LogP contribution >= 0.6 is 0 Å². The first-order valence-corrected chi connectivity index (χ1v) is 8.47. The largest absolute Gasteiger partial charge is 0.507 e. The second-order valence-electron chi connectivity index (χ2n) is 6.46. The van der Waals surface area contributed by atoms with Crippen LogP contribution in [0.1, 0.15) is 22.3 Å². The van der Waals surface area contributed by atoms with E-state index in [1.807, 2.05) is 18.2 Å². The first-order chi connectivity index (χ1) is 11.6. The summed E-state index contributed by atoms with van der Waals surface area (Å²) >= 11 is 0. The van der Waals surface area contributed by atoms with Crippen molar-refractivity contribution < 1.29 is 5.11 Å². The van der Waals surface area contributed by atoms with Crippen molar-refractivity contribution >= 4 is 6.21 Å². The molecule has 1 aliphatic rings. The van der Waals surface area contributed by atoms with Crippen LogP contribution in [0.2, 0.25) is 0 Å². The van der Waals surface area contributed by atoms with Crippen molar-refractivity contribution in [3.63, 3.8) is 0 Å². The molecule has 0 amide bonds. The number of hydrogen-bond acceptors (Lipinski definition) is 4. The topological polar surface area (TPSA) is 39.1 Å². The maximum Gasteiger partial charge on any atom is 0.124 e. The van der Waals surface area contributed by atoms with E-state index in [9.17, 15) is 5.11 Å². The van der Waals surface area contributed by atoms with Crippen molar-refractivity contribution in [2.24, 2.45) is 5.10 Å². The molecule has 4 heteroatoms. The molecule has 1 N–H and O–H groups in total. The Morgan fingerprint density at radius 3 is 2.50 bits per heavy atom. The third kappa shape index (κ3) is 4.15. The minimum Gasteiger partial charge on any atom is -0.507 e. The number of rotatable bonds is 4. The molecule has 0 aliphatic carbocycles. The fraction of sp³-hybridized carbons (Fsp3) is 0.350. The number of nitrogens with zero attached hydrogens (tertiary/aromatic N) is 3. The van der Waals surface area contributed by atoms with Gasteiger partial charge in [0, 0.05) is 38.3 Å². The number of piperazine rings is 1. The molecule has 1 saturated heterocycles. The molecule has 4 nitrogen and oxygen atoms in total. The highest BCUT2D eigenvalue weighted by molar-refractivity contribution is 5.82.